The van der Waals surface area contributed by atoms with E-state index in [1.54, 1.807) is 0 Å². The summed E-state index contributed by atoms with van der Waals surface area (Å²) in [5.74, 6) is -1.21. The molecule has 1 aliphatic heterocycles. The zero-order valence-corrected chi connectivity index (χ0v) is 10.4. The van der Waals surface area contributed by atoms with Crippen molar-refractivity contribution in [2.45, 2.75) is 12.3 Å². The third-order valence-corrected chi connectivity index (χ3v) is 3.26. The lowest BCUT2D eigenvalue weighted by molar-refractivity contribution is -0.139. The summed E-state index contributed by atoms with van der Waals surface area (Å²) in [7, 11) is 0. The number of ether oxygens (including phenoxy) is 1. The molecule has 1 saturated heterocycles. The van der Waals surface area contributed by atoms with Crippen molar-refractivity contribution in [1.82, 2.24) is 4.90 Å². The van der Waals surface area contributed by atoms with Crippen LogP contribution < -0.4 is 0 Å². The van der Waals surface area contributed by atoms with E-state index in [4.69, 9.17) is 4.74 Å². The van der Waals surface area contributed by atoms with Crippen LogP contribution in [0.15, 0.2) is 30.3 Å². The number of carbonyl (C=O) groups is 1. The van der Waals surface area contributed by atoms with Crippen molar-refractivity contribution in [1.29, 1.82) is 0 Å². The second-order valence-corrected chi connectivity index (χ2v) is 4.57. The topological polar surface area (TPSA) is 49.8 Å². The Balaban J connectivity index is 2.04. The molecule has 1 heterocycles. The minimum Gasteiger partial charge on any atom is -0.481 e. The molecule has 0 aromatic heterocycles. The van der Waals surface area contributed by atoms with Gasteiger partial charge in [-0.25, -0.2) is 0 Å². The van der Waals surface area contributed by atoms with Gasteiger partial charge in [-0.05, 0) is 12.0 Å². The number of carboxylic acid groups (broad SMARTS) is 1. The lowest BCUT2D eigenvalue weighted by Crippen LogP contribution is -2.33. The van der Waals surface area contributed by atoms with E-state index in [-0.39, 0.29) is 0 Å². The quantitative estimate of drug-likeness (QED) is 0.880. The first-order valence-electron chi connectivity index (χ1n) is 6.35. The van der Waals surface area contributed by atoms with Crippen LogP contribution in [-0.2, 0) is 9.53 Å². The molecular formula is C14H19NO3. The Hall–Kier alpha value is -1.39. The van der Waals surface area contributed by atoms with E-state index >= 15 is 0 Å². The summed E-state index contributed by atoms with van der Waals surface area (Å²) in [4.78, 5) is 13.6. The number of aliphatic carboxylic acids is 1. The summed E-state index contributed by atoms with van der Waals surface area (Å²) >= 11 is 0. The highest BCUT2D eigenvalue weighted by Crippen LogP contribution is 2.18. The highest BCUT2D eigenvalue weighted by Gasteiger charge is 2.23. The molecule has 1 N–H and O–H groups in total. The number of carboxylic acids is 1. The molecule has 4 heteroatoms. The normalized spacial score (nSPS) is 19.1. The third kappa shape index (κ3) is 3.55. The van der Waals surface area contributed by atoms with Gasteiger partial charge in [-0.15, -0.1) is 0 Å². The molecule has 1 fully saturated rings. The van der Waals surface area contributed by atoms with Gasteiger partial charge in [0, 0.05) is 26.2 Å². The highest BCUT2D eigenvalue weighted by atomic mass is 16.5. The van der Waals surface area contributed by atoms with Crippen LogP contribution >= 0.6 is 0 Å². The van der Waals surface area contributed by atoms with E-state index < -0.39 is 11.9 Å². The number of rotatable bonds is 4. The molecule has 0 amide bonds. The fraction of sp³-hybridized carbons (Fsp3) is 0.500. The van der Waals surface area contributed by atoms with Gasteiger partial charge in [0.15, 0.2) is 0 Å². The standard InChI is InChI=1S/C14H19NO3/c16-14(17)13(12-5-2-1-3-6-12)11-15-7-4-9-18-10-8-15/h1-3,5-6,13H,4,7-11H2,(H,16,17). The predicted molar refractivity (Wildman–Crippen MR) is 68.7 cm³/mol. The Morgan fingerprint density at radius 1 is 1.28 bits per heavy atom. The van der Waals surface area contributed by atoms with Crippen LogP contribution in [-0.4, -0.2) is 48.8 Å². The maximum Gasteiger partial charge on any atom is 0.312 e. The first-order valence-corrected chi connectivity index (χ1v) is 6.35. The average molecular weight is 249 g/mol. The molecule has 0 saturated carbocycles. The first-order chi connectivity index (χ1) is 8.77. The Morgan fingerprint density at radius 3 is 2.78 bits per heavy atom. The molecule has 4 nitrogen and oxygen atoms in total. The largest absolute Gasteiger partial charge is 0.481 e. The fourth-order valence-corrected chi connectivity index (χ4v) is 2.25. The lowest BCUT2D eigenvalue weighted by Gasteiger charge is -2.23. The molecule has 0 bridgehead atoms. The van der Waals surface area contributed by atoms with Crippen LogP contribution in [0.4, 0.5) is 0 Å². The smallest absolute Gasteiger partial charge is 0.312 e. The number of nitrogens with zero attached hydrogens (tertiary/aromatic N) is 1. The van der Waals surface area contributed by atoms with E-state index in [1.807, 2.05) is 30.3 Å². The van der Waals surface area contributed by atoms with Gasteiger partial charge in [-0.1, -0.05) is 30.3 Å². The average Bonchev–Trinajstić information content (AvgIpc) is 2.65. The van der Waals surface area contributed by atoms with Gasteiger partial charge in [-0.2, -0.15) is 0 Å². The van der Waals surface area contributed by atoms with Gasteiger partial charge < -0.3 is 9.84 Å². The van der Waals surface area contributed by atoms with E-state index in [0.29, 0.717) is 13.2 Å². The predicted octanol–water partition coefficient (Wildman–Crippen LogP) is 1.58. The number of hydrogen-bond donors (Lipinski definition) is 1. The maximum absolute atomic E-state index is 11.4. The Bertz CT molecular complexity index is 372. The molecular weight excluding hydrogens is 230 g/mol. The summed E-state index contributed by atoms with van der Waals surface area (Å²) in [5, 5.41) is 9.37. The zero-order chi connectivity index (χ0) is 12.8. The van der Waals surface area contributed by atoms with Crippen molar-refractivity contribution in [3.05, 3.63) is 35.9 Å². The maximum atomic E-state index is 11.4. The van der Waals surface area contributed by atoms with Gasteiger partial charge in [0.05, 0.1) is 12.5 Å². The molecule has 0 radical (unpaired) electrons. The van der Waals surface area contributed by atoms with Crippen molar-refractivity contribution in [2.24, 2.45) is 0 Å². The van der Waals surface area contributed by atoms with Gasteiger partial charge >= 0.3 is 5.97 Å². The monoisotopic (exact) mass is 249 g/mol. The lowest BCUT2D eigenvalue weighted by atomic mass is 9.98. The van der Waals surface area contributed by atoms with E-state index in [2.05, 4.69) is 4.90 Å². The Kier molecular flexibility index (Phi) is 4.73. The fourth-order valence-electron chi connectivity index (χ4n) is 2.25. The Morgan fingerprint density at radius 2 is 2.06 bits per heavy atom. The van der Waals surface area contributed by atoms with Crippen molar-refractivity contribution < 1.29 is 14.6 Å². The molecule has 0 aliphatic carbocycles. The molecule has 2 rings (SSSR count). The molecule has 1 atom stereocenters. The number of hydrogen-bond acceptors (Lipinski definition) is 3. The summed E-state index contributed by atoms with van der Waals surface area (Å²) in [6, 6.07) is 9.44. The minimum atomic E-state index is -0.758. The third-order valence-electron chi connectivity index (χ3n) is 3.26. The van der Waals surface area contributed by atoms with Crippen LogP contribution in [0.5, 0.6) is 0 Å². The number of benzene rings is 1. The summed E-state index contributed by atoms with van der Waals surface area (Å²) < 4.78 is 5.38. The summed E-state index contributed by atoms with van der Waals surface area (Å²) in [5.41, 5.74) is 0.871. The van der Waals surface area contributed by atoms with Gasteiger partial charge in [0.1, 0.15) is 0 Å². The summed E-state index contributed by atoms with van der Waals surface area (Å²) in [6.45, 7) is 3.76. The van der Waals surface area contributed by atoms with Crippen LogP contribution in [0.25, 0.3) is 0 Å². The van der Waals surface area contributed by atoms with E-state index in [9.17, 15) is 9.90 Å². The molecule has 1 aliphatic rings. The van der Waals surface area contributed by atoms with E-state index in [0.717, 1.165) is 31.7 Å². The molecule has 1 aromatic carbocycles. The SMILES string of the molecule is O=C(O)C(CN1CCCOCC1)c1ccccc1. The van der Waals surface area contributed by atoms with Crippen molar-refractivity contribution >= 4 is 5.97 Å². The molecule has 98 valence electrons. The van der Waals surface area contributed by atoms with Crippen LogP contribution in [0.1, 0.15) is 17.9 Å². The van der Waals surface area contributed by atoms with Gasteiger partial charge in [0.2, 0.25) is 0 Å². The van der Waals surface area contributed by atoms with Crippen LogP contribution in [0.2, 0.25) is 0 Å². The van der Waals surface area contributed by atoms with Gasteiger partial charge in [-0.3, -0.25) is 9.69 Å². The molecule has 1 aromatic rings. The van der Waals surface area contributed by atoms with Gasteiger partial charge in [0.25, 0.3) is 0 Å². The molecule has 0 spiro atoms. The Labute approximate surface area is 107 Å². The molecule has 18 heavy (non-hydrogen) atoms. The molecule has 1 unspecified atom stereocenters. The second-order valence-electron chi connectivity index (χ2n) is 4.57. The van der Waals surface area contributed by atoms with Crippen molar-refractivity contribution in [2.75, 3.05) is 32.8 Å². The summed E-state index contributed by atoms with van der Waals surface area (Å²) in [6.07, 6.45) is 0.973. The first kappa shape index (κ1) is 13.1. The van der Waals surface area contributed by atoms with Crippen molar-refractivity contribution in [3.63, 3.8) is 0 Å². The minimum absolute atomic E-state index is 0.454. The van der Waals surface area contributed by atoms with Crippen LogP contribution in [0, 0.1) is 0 Å². The zero-order valence-electron chi connectivity index (χ0n) is 10.4. The second kappa shape index (κ2) is 6.52. The van der Waals surface area contributed by atoms with Crippen molar-refractivity contribution in [3.8, 4) is 0 Å². The highest BCUT2D eigenvalue weighted by molar-refractivity contribution is 5.76. The van der Waals surface area contributed by atoms with E-state index in [1.165, 1.54) is 0 Å². The van der Waals surface area contributed by atoms with Crippen LogP contribution in [0.3, 0.4) is 0 Å².